The van der Waals surface area contributed by atoms with E-state index in [2.05, 4.69) is 11.4 Å². The molecule has 0 bridgehead atoms. The summed E-state index contributed by atoms with van der Waals surface area (Å²) in [6.45, 7) is 4.60. The Morgan fingerprint density at radius 2 is 1.67 bits per heavy atom. The number of methoxy groups -OCH3 is 3. The van der Waals surface area contributed by atoms with Crippen LogP contribution in [0.3, 0.4) is 0 Å². The highest BCUT2D eigenvalue weighted by Gasteiger charge is 2.27. The highest BCUT2D eigenvalue weighted by Crippen LogP contribution is 2.39. The summed E-state index contributed by atoms with van der Waals surface area (Å²) in [5, 5.41) is 3.37. The summed E-state index contributed by atoms with van der Waals surface area (Å²) in [6.07, 6.45) is 0.772. The maximum absolute atomic E-state index is 13.2. The lowest BCUT2D eigenvalue weighted by Crippen LogP contribution is -2.28. The van der Waals surface area contributed by atoms with E-state index < -0.39 is 0 Å². The normalized spacial score (nSPS) is 12.2. The first kappa shape index (κ1) is 26.2. The van der Waals surface area contributed by atoms with E-state index in [0.29, 0.717) is 40.1 Å². The number of nitrogens with one attached hydrogen (secondary N) is 1. The second kappa shape index (κ2) is 10.8. The molecule has 200 valence electrons. The van der Waals surface area contributed by atoms with Crippen LogP contribution < -0.4 is 24.4 Å². The van der Waals surface area contributed by atoms with Crippen molar-refractivity contribution >= 4 is 34.0 Å². The Hall–Kier alpha value is -4.37. The van der Waals surface area contributed by atoms with Gasteiger partial charge in [0.1, 0.15) is 0 Å². The molecule has 0 unspecified atom stereocenters. The number of hydrogen-bond donors (Lipinski definition) is 1. The Labute approximate surface area is 231 Å². The standard InChI is InChI=1S/C30H29N3O5S/c1-17-7-6-8-21(13-17)29(35)33-12-11-19-14-20(9-10-23(19)33)26-18(2)39-30(31-26)32-28(34)22-15-24(36-3)27(38-5)25(16-22)37-4/h6-10,13-16H,11-12H2,1-5H3,(H,31,32,34). The molecular formula is C30H29N3O5S. The van der Waals surface area contributed by atoms with Gasteiger partial charge < -0.3 is 19.1 Å². The summed E-state index contributed by atoms with van der Waals surface area (Å²) in [4.78, 5) is 33.8. The summed E-state index contributed by atoms with van der Waals surface area (Å²) < 4.78 is 16.1. The number of carbonyl (C=O) groups is 2. The SMILES string of the molecule is COc1cc(C(=O)Nc2nc(-c3ccc4c(c3)CCN4C(=O)c3cccc(C)c3)c(C)s2)cc(OC)c1OC. The van der Waals surface area contributed by atoms with Gasteiger partial charge in [-0.15, -0.1) is 11.3 Å². The van der Waals surface area contributed by atoms with Crippen molar-refractivity contribution in [3.63, 3.8) is 0 Å². The lowest BCUT2D eigenvalue weighted by molar-refractivity contribution is 0.0987. The zero-order valence-corrected chi connectivity index (χ0v) is 23.3. The minimum atomic E-state index is -0.339. The quantitative estimate of drug-likeness (QED) is 0.312. The van der Waals surface area contributed by atoms with Crippen LogP contribution in [0.5, 0.6) is 17.2 Å². The minimum Gasteiger partial charge on any atom is -0.493 e. The molecule has 1 N–H and O–H groups in total. The van der Waals surface area contributed by atoms with Crippen molar-refractivity contribution in [3.05, 3.63) is 81.7 Å². The highest BCUT2D eigenvalue weighted by molar-refractivity contribution is 7.16. The first-order chi connectivity index (χ1) is 18.8. The van der Waals surface area contributed by atoms with Crippen LogP contribution in [0.25, 0.3) is 11.3 Å². The third-order valence-corrected chi connectivity index (χ3v) is 7.59. The molecule has 2 heterocycles. The topological polar surface area (TPSA) is 90.0 Å². The number of amides is 2. The molecule has 0 saturated heterocycles. The van der Waals surface area contributed by atoms with Crippen LogP contribution in [0.1, 0.15) is 36.7 Å². The van der Waals surface area contributed by atoms with E-state index in [-0.39, 0.29) is 11.8 Å². The Kier molecular flexibility index (Phi) is 7.26. The van der Waals surface area contributed by atoms with Crippen molar-refractivity contribution in [2.24, 2.45) is 0 Å². The van der Waals surface area contributed by atoms with Crippen molar-refractivity contribution < 1.29 is 23.8 Å². The van der Waals surface area contributed by atoms with Gasteiger partial charge in [-0.05, 0) is 62.2 Å². The lowest BCUT2D eigenvalue weighted by atomic mass is 10.1. The lowest BCUT2D eigenvalue weighted by Gasteiger charge is -2.18. The fourth-order valence-corrected chi connectivity index (χ4v) is 5.62. The van der Waals surface area contributed by atoms with Crippen LogP contribution in [0.15, 0.2) is 54.6 Å². The number of hydrogen-bond acceptors (Lipinski definition) is 7. The average Bonchev–Trinajstić information content (AvgIpc) is 3.54. The molecule has 0 spiro atoms. The summed E-state index contributed by atoms with van der Waals surface area (Å²) in [5.74, 6) is 0.873. The van der Waals surface area contributed by atoms with Gasteiger partial charge in [0.2, 0.25) is 5.75 Å². The smallest absolute Gasteiger partial charge is 0.258 e. The predicted octanol–water partition coefficient (Wildman–Crippen LogP) is 5.91. The van der Waals surface area contributed by atoms with E-state index in [4.69, 9.17) is 19.2 Å². The van der Waals surface area contributed by atoms with Crippen molar-refractivity contribution in [1.82, 2.24) is 4.98 Å². The van der Waals surface area contributed by atoms with E-state index in [1.54, 1.807) is 12.1 Å². The van der Waals surface area contributed by atoms with E-state index in [1.807, 2.05) is 55.1 Å². The number of nitrogens with zero attached hydrogens (tertiary/aromatic N) is 2. The van der Waals surface area contributed by atoms with E-state index >= 15 is 0 Å². The number of carbonyl (C=O) groups excluding carboxylic acids is 2. The fourth-order valence-electron chi connectivity index (χ4n) is 4.79. The largest absolute Gasteiger partial charge is 0.493 e. The number of ether oxygens (including phenoxy) is 3. The zero-order chi connectivity index (χ0) is 27.7. The Balaban J connectivity index is 1.37. The molecule has 8 nitrogen and oxygen atoms in total. The van der Waals surface area contributed by atoms with Crippen LogP contribution in [-0.2, 0) is 6.42 Å². The number of benzene rings is 3. The molecular weight excluding hydrogens is 514 g/mol. The van der Waals surface area contributed by atoms with Crippen LogP contribution in [0.4, 0.5) is 10.8 Å². The molecule has 0 aliphatic carbocycles. The molecule has 0 radical (unpaired) electrons. The number of thiazole rings is 1. The van der Waals surface area contributed by atoms with E-state index in [1.165, 1.54) is 32.7 Å². The number of rotatable bonds is 7. The number of fused-ring (bicyclic) bond motifs is 1. The van der Waals surface area contributed by atoms with E-state index in [0.717, 1.165) is 39.4 Å². The summed E-state index contributed by atoms with van der Waals surface area (Å²) >= 11 is 1.40. The van der Waals surface area contributed by atoms with Gasteiger partial charge in [0.25, 0.3) is 11.8 Å². The van der Waals surface area contributed by atoms with Gasteiger partial charge >= 0.3 is 0 Å². The Bertz CT molecular complexity index is 1550. The Morgan fingerprint density at radius 1 is 0.923 bits per heavy atom. The van der Waals surface area contributed by atoms with E-state index in [9.17, 15) is 9.59 Å². The van der Waals surface area contributed by atoms with Crippen molar-refractivity contribution in [2.45, 2.75) is 20.3 Å². The first-order valence-electron chi connectivity index (χ1n) is 12.4. The van der Waals surface area contributed by atoms with Crippen molar-refractivity contribution in [2.75, 3.05) is 38.1 Å². The van der Waals surface area contributed by atoms with Gasteiger partial charge in [-0.3, -0.25) is 14.9 Å². The van der Waals surface area contributed by atoms with Gasteiger partial charge in [-0.1, -0.05) is 23.8 Å². The third kappa shape index (κ3) is 5.05. The van der Waals surface area contributed by atoms with Crippen LogP contribution >= 0.6 is 11.3 Å². The first-order valence-corrected chi connectivity index (χ1v) is 13.2. The molecule has 1 aliphatic rings. The maximum atomic E-state index is 13.2. The molecule has 0 fully saturated rings. The molecule has 9 heteroatoms. The van der Waals surface area contributed by atoms with Crippen molar-refractivity contribution in [1.29, 1.82) is 0 Å². The van der Waals surface area contributed by atoms with Crippen LogP contribution in [-0.4, -0.2) is 44.7 Å². The molecule has 0 saturated carbocycles. The van der Waals surface area contributed by atoms with Gasteiger partial charge in [0.05, 0.1) is 27.0 Å². The van der Waals surface area contributed by atoms with Crippen LogP contribution in [0, 0.1) is 13.8 Å². The van der Waals surface area contributed by atoms with Gasteiger partial charge in [0.15, 0.2) is 16.6 Å². The fraction of sp³-hybridized carbons (Fsp3) is 0.233. The van der Waals surface area contributed by atoms with Crippen LogP contribution in [0.2, 0.25) is 0 Å². The third-order valence-electron chi connectivity index (χ3n) is 6.70. The molecule has 4 aromatic rings. The minimum absolute atomic E-state index is 0.00632. The molecule has 5 rings (SSSR count). The molecule has 39 heavy (non-hydrogen) atoms. The maximum Gasteiger partial charge on any atom is 0.258 e. The predicted molar refractivity (Wildman–Crippen MR) is 153 cm³/mol. The zero-order valence-electron chi connectivity index (χ0n) is 22.5. The Morgan fingerprint density at radius 3 is 2.33 bits per heavy atom. The molecule has 2 amide bonds. The van der Waals surface area contributed by atoms with Crippen molar-refractivity contribution in [3.8, 4) is 28.5 Å². The van der Waals surface area contributed by atoms with Gasteiger partial charge in [0, 0.05) is 33.8 Å². The van der Waals surface area contributed by atoms with Gasteiger partial charge in [-0.25, -0.2) is 4.98 Å². The number of anilines is 2. The number of aromatic nitrogens is 1. The molecule has 1 aromatic heterocycles. The monoisotopic (exact) mass is 543 g/mol. The summed E-state index contributed by atoms with van der Waals surface area (Å²) in [6, 6.07) is 16.9. The molecule has 3 aromatic carbocycles. The second-order valence-electron chi connectivity index (χ2n) is 9.21. The molecule has 0 atom stereocenters. The summed E-state index contributed by atoms with van der Waals surface area (Å²) in [5.41, 5.74) is 5.87. The average molecular weight is 544 g/mol. The highest BCUT2D eigenvalue weighted by atomic mass is 32.1. The number of aryl methyl sites for hydroxylation is 2. The molecule has 1 aliphatic heterocycles. The van der Waals surface area contributed by atoms with Gasteiger partial charge in [-0.2, -0.15) is 0 Å². The second-order valence-corrected chi connectivity index (χ2v) is 10.4. The summed E-state index contributed by atoms with van der Waals surface area (Å²) in [7, 11) is 4.52.